The van der Waals surface area contributed by atoms with Crippen molar-refractivity contribution in [1.29, 1.82) is 0 Å². The Morgan fingerprint density at radius 1 is 1.00 bits per heavy atom. The zero-order chi connectivity index (χ0) is 29.6. The second kappa shape index (κ2) is 13.8. The quantitative estimate of drug-likeness (QED) is 0.191. The zero-order valence-electron chi connectivity index (χ0n) is 23.8. The fraction of sp³-hybridized carbons (Fsp3) is 0.367. The number of fused-ring (bicyclic) bond motifs is 3. The van der Waals surface area contributed by atoms with Crippen molar-refractivity contribution in [2.24, 2.45) is 0 Å². The third-order valence-corrected chi connectivity index (χ3v) is 6.80. The van der Waals surface area contributed by atoms with Gasteiger partial charge in [-0.2, -0.15) is 0 Å². The van der Waals surface area contributed by atoms with Crippen LogP contribution in [0.4, 0.5) is 23.4 Å². The number of allylic oxidation sites excluding steroid dienone is 1. The molecule has 210 valence electrons. The average Bonchev–Trinajstić information content (AvgIpc) is 2.94. The maximum Gasteiger partial charge on any atom is 0.232 e. The Bertz CT molecular complexity index is 1370. The molecular formula is C30H36F4N3OP. The summed E-state index contributed by atoms with van der Waals surface area (Å²) in [4.78, 5) is 23.9. The minimum atomic E-state index is -1.61. The molecule has 0 bridgehead atoms. The van der Waals surface area contributed by atoms with E-state index in [1.165, 1.54) is 31.0 Å². The Balaban J connectivity index is 0.00000127. The van der Waals surface area contributed by atoms with Crippen molar-refractivity contribution in [2.75, 3.05) is 11.9 Å². The maximum atomic E-state index is 14.5. The molecule has 4 rings (SSSR count). The van der Waals surface area contributed by atoms with Gasteiger partial charge < -0.3 is 0 Å². The Labute approximate surface area is 230 Å². The highest BCUT2D eigenvalue weighted by molar-refractivity contribution is 7.27. The van der Waals surface area contributed by atoms with E-state index in [-0.39, 0.29) is 28.1 Å². The molecule has 4 nitrogen and oxygen atoms in total. The number of carbonyl (C=O) groups is 1. The van der Waals surface area contributed by atoms with Crippen LogP contribution in [0, 0.1) is 30.2 Å². The minimum absolute atomic E-state index is 0.122. The van der Waals surface area contributed by atoms with Gasteiger partial charge in [-0.1, -0.05) is 33.3 Å². The van der Waals surface area contributed by atoms with Gasteiger partial charge in [-0.15, -0.1) is 9.24 Å². The van der Waals surface area contributed by atoms with E-state index >= 15 is 0 Å². The molecule has 0 saturated heterocycles. The van der Waals surface area contributed by atoms with E-state index in [0.29, 0.717) is 29.9 Å². The van der Waals surface area contributed by atoms with Crippen LogP contribution in [0.3, 0.4) is 0 Å². The first-order chi connectivity index (χ1) is 18.5. The van der Waals surface area contributed by atoms with Gasteiger partial charge in [0.2, 0.25) is 5.91 Å². The lowest BCUT2D eigenvalue weighted by atomic mass is 9.91. The first-order valence-corrected chi connectivity index (χ1v) is 13.6. The summed E-state index contributed by atoms with van der Waals surface area (Å²) in [5.41, 5.74) is 4.18. The molecule has 9 heteroatoms. The molecule has 0 aliphatic heterocycles. The Morgan fingerprint density at radius 2 is 1.64 bits per heavy atom. The monoisotopic (exact) mass is 561 g/mol. The van der Waals surface area contributed by atoms with Crippen LogP contribution in [0.5, 0.6) is 0 Å². The molecule has 0 radical (unpaired) electrons. The number of hydrogen-bond donors (Lipinski definition) is 0. The number of nitrogens with zero attached hydrogens (tertiary/aromatic N) is 3. The number of aryl methyl sites for hydroxylation is 2. The summed E-state index contributed by atoms with van der Waals surface area (Å²) in [5, 5.41) is -0.122. The van der Waals surface area contributed by atoms with Crippen molar-refractivity contribution >= 4 is 32.3 Å². The van der Waals surface area contributed by atoms with E-state index in [1.807, 2.05) is 50.8 Å². The third-order valence-electron chi connectivity index (χ3n) is 6.12. The number of hydrogen-bond acceptors (Lipinski definition) is 3. The molecule has 0 N–H and O–H groups in total. The van der Waals surface area contributed by atoms with Crippen LogP contribution in [0.15, 0.2) is 23.8 Å². The molecular weight excluding hydrogens is 525 g/mol. The van der Waals surface area contributed by atoms with Crippen LogP contribution in [0.1, 0.15) is 69.6 Å². The maximum absolute atomic E-state index is 14.5. The van der Waals surface area contributed by atoms with E-state index in [0.717, 1.165) is 16.7 Å². The fourth-order valence-corrected chi connectivity index (χ4v) is 4.47. The van der Waals surface area contributed by atoms with Gasteiger partial charge in [0, 0.05) is 23.5 Å². The molecule has 39 heavy (non-hydrogen) atoms. The van der Waals surface area contributed by atoms with Crippen molar-refractivity contribution in [2.45, 2.75) is 67.7 Å². The highest BCUT2D eigenvalue weighted by Crippen LogP contribution is 2.34. The lowest BCUT2D eigenvalue weighted by molar-refractivity contribution is -0.117. The van der Waals surface area contributed by atoms with E-state index in [2.05, 4.69) is 0 Å². The van der Waals surface area contributed by atoms with E-state index in [1.54, 1.807) is 12.1 Å². The number of anilines is 1. The molecule has 0 spiro atoms. The molecule has 1 heterocycles. The van der Waals surface area contributed by atoms with Crippen molar-refractivity contribution in [3.8, 4) is 11.3 Å². The minimum Gasteiger partial charge on any atom is -0.298 e. The molecule has 1 aliphatic carbocycles. The van der Waals surface area contributed by atoms with Crippen LogP contribution in [-0.2, 0) is 24.1 Å². The predicted molar refractivity (Wildman–Crippen MR) is 154 cm³/mol. The Hall–Kier alpha value is -3.12. The smallest absolute Gasteiger partial charge is 0.232 e. The van der Waals surface area contributed by atoms with Crippen molar-refractivity contribution in [3.63, 3.8) is 0 Å². The summed E-state index contributed by atoms with van der Waals surface area (Å²) in [7, 11) is 3.53. The molecule has 1 aliphatic rings. The van der Waals surface area contributed by atoms with E-state index in [9.17, 15) is 22.4 Å². The van der Waals surface area contributed by atoms with Gasteiger partial charge in [-0.05, 0) is 69.0 Å². The highest BCUT2D eigenvalue weighted by Gasteiger charge is 2.27. The number of aromatic nitrogens is 2. The Morgan fingerprint density at radius 3 is 2.26 bits per heavy atom. The van der Waals surface area contributed by atoms with Gasteiger partial charge in [0.25, 0.3) is 0 Å². The van der Waals surface area contributed by atoms with Gasteiger partial charge in [-0.25, -0.2) is 27.5 Å². The topological polar surface area (TPSA) is 46.1 Å². The number of likely N-dealkylation sites (N-methyl/N-ethyl adjacent to an activating group) is 1. The molecule has 2 aromatic carbocycles. The molecule has 1 unspecified atom stereocenters. The lowest BCUT2D eigenvalue weighted by Gasteiger charge is -2.24. The van der Waals surface area contributed by atoms with E-state index in [4.69, 9.17) is 9.97 Å². The standard InChI is InChI=1S/C26H24F4N3OP.2C2H6/c1-12(2)9-19-26(32-18-8-5-14-10-15(27)6-7-16(14)24(18)31-19)33(4)20(34)11-17-13(3)25(35)23(30)22(29)21(17)28;2*1-2/h6-7,9-10H,5,8,11,35H2,1-4H3;2*1-2H3. The molecule has 1 amide bonds. The van der Waals surface area contributed by atoms with Crippen LogP contribution in [0.2, 0.25) is 0 Å². The van der Waals surface area contributed by atoms with Crippen molar-refractivity contribution < 1.29 is 22.4 Å². The number of benzene rings is 2. The number of amides is 1. The largest absolute Gasteiger partial charge is 0.298 e. The highest BCUT2D eigenvalue weighted by atomic mass is 31.0. The van der Waals surface area contributed by atoms with Crippen LogP contribution < -0.4 is 10.2 Å². The second-order valence-electron chi connectivity index (χ2n) is 8.84. The fourth-order valence-electron chi connectivity index (χ4n) is 4.17. The molecule has 1 aromatic heterocycles. The van der Waals surface area contributed by atoms with Crippen molar-refractivity contribution in [1.82, 2.24) is 9.97 Å². The lowest BCUT2D eigenvalue weighted by Crippen LogP contribution is -2.31. The molecule has 0 fully saturated rings. The number of halogens is 4. The normalized spacial score (nSPS) is 11.2. The number of rotatable bonds is 4. The van der Waals surface area contributed by atoms with Crippen LogP contribution >= 0.6 is 9.24 Å². The van der Waals surface area contributed by atoms with Crippen LogP contribution in [-0.4, -0.2) is 22.9 Å². The summed E-state index contributed by atoms with van der Waals surface area (Å²) in [6, 6.07) is 4.54. The Kier molecular flexibility index (Phi) is 11.3. The molecule has 3 aromatic rings. The second-order valence-corrected chi connectivity index (χ2v) is 9.42. The molecule has 0 saturated carbocycles. The number of carbonyl (C=O) groups excluding carboxylic acids is 1. The van der Waals surface area contributed by atoms with Gasteiger partial charge in [0.1, 0.15) is 11.5 Å². The third kappa shape index (κ3) is 6.73. The van der Waals surface area contributed by atoms with E-state index < -0.39 is 29.8 Å². The van der Waals surface area contributed by atoms with Gasteiger partial charge >= 0.3 is 0 Å². The zero-order valence-corrected chi connectivity index (χ0v) is 24.9. The summed E-state index contributed by atoms with van der Waals surface area (Å²) in [5.74, 6) is -4.88. The van der Waals surface area contributed by atoms with Gasteiger partial charge in [-0.3, -0.25) is 9.69 Å². The molecule has 1 atom stereocenters. The summed E-state index contributed by atoms with van der Waals surface area (Å²) >= 11 is 0. The van der Waals surface area contributed by atoms with Crippen LogP contribution in [0.25, 0.3) is 17.3 Å². The van der Waals surface area contributed by atoms with Gasteiger partial charge in [0.15, 0.2) is 23.3 Å². The summed E-state index contributed by atoms with van der Waals surface area (Å²) < 4.78 is 56.1. The average molecular weight is 562 g/mol. The predicted octanol–water partition coefficient (Wildman–Crippen LogP) is 7.29. The first kappa shape index (κ1) is 32.1. The summed E-state index contributed by atoms with van der Waals surface area (Å²) in [6.45, 7) is 13.2. The summed E-state index contributed by atoms with van der Waals surface area (Å²) in [6.07, 6.45) is 2.37. The first-order valence-electron chi connectivity index (χ1n) is 13.0. The van der Waals surface area contributed by atoms with Crippen molar-refractivity contribution in [3.05, 3.63) is 75.1 Å². The van der Waals surface area contributed by atoms with Gasteiger partial charge in [0.05, 0.1) is 17.8 Å². The SMILES string of the molecule is CC.CC.CC(C)=Cc1nc2c(nc1N(C)C(=O)Cc1c(C)c(P)c(F)c(F)c1F)CCc1cc(F)ccc1-2.